The number of aromatic hydroxyl groups is 4. The molecule has 0 saturated carbocycles. The van der Waals surface area contributed by atoms with Crippen LogP contribution in [-0.4, -0.2) is 79.0 Å². The fourth-order valence-corrected chi connectivity index (χ4v) is 3.70. The Kier molecular flexibility index (Phi) is 6.65. The minimum absolute atomic E-state index is 0.00415. The molecule has 5 atom stereocenters. The van der Waals surface area contributed by atoms with Gasteiger partial charge in [-0.2, -0.15) is 0 Å². The van der Waals surface area contributed by atoms with Crippen LogP contribution in [0.5, 0.6) is 28.7 Å². The lowest BCUT2D eigenvalue weighted by Crippen LogP contribution is -2.60. The smallest absolute Gasteiger partial charge is 0.302 e. The molecule has 0 spiro atoms. The van der Waals surface area contributed by atoms with Crippen molar-refractivity contribution in [3.05, 3.63) is 40.6 Å². The number of carbonyl (C=O) groups is 1. The van der Waals surface area contributed by atoms with E-state index < -0.39 is 82.8 Å². The van der Waals surface area contributed by atoms with Gasteiger partial charge >= 0.3 is 5.97 Å². The van der Waals surface area contributed by atoms with Gasteiger partial charge in [0.2, 0.25) is 17.5 Å². The Morgan fingerprint density at radius 2 is 1.67 bits per heavy atom. The normalized spacial score (nSPS) is 23.9. The standard InChI is InChI=1S/C23H22O13/c1-8(24)33-7-15-17(29)19(31)20(32)23(35-15)36-22-18(30)16-13(28)5-10(25)6-14(16)34-21(22)9-2-3-11(26)12(27)4-9/h2-6,15,17,19-20,23,25-29,31-32H,7H2,1H3/t15-,17+,19+,20+,23-/m0/s1. The van der Waals surface area contributed by atoms with E-state index in [2.05, 4.69) is 0 Å². The number of hydrogen-bond acceptors (Lipinski definition) is 13. The zero-order chi connectivity index (χ0) is 26.3. The van der Waals surface area contributed by atoms with Gasteiger partial charge in [-0.15, -0.1) is 0 Å². The van der Waals surface area contributed by atoms with E-state index in [1.54, 1.807) is 0 Å². The molecule has 0 unspecified atom stereocenters. The van der Waals surface area contributed by atoms with Crippen molar-refractivity contribution in [3.63, 3.8) is 0 Å². The molecule has 13 heteroatoms. The number of ether oxygens (including phenoxy) is 3. The predicted octanol–water partition coefficient (Wildman–Crippen LogP) is 0.0319. The summed E-state index contributed by atoms with van der Waals surface area (Å²) >= 11 is 0. The average Bonchev–Trinajstić information content (AvgIpc) is 2.81. The molecule has 1 saturated heterocycles. The second kappa shape index (κ2) is 9.54. The molecule has 1 aliphatic heterocycles. The summed E-state index contributed by atoms with van der Waals surface area (Å²) in [5.41, 5.74) is -1.24. The highest BCUT2D eigenvalue weighted by atomic mass is 16.7. The Hall–Kier alpha value is -4.04. The van der Waals surface area contributed by atoms with Crippen LogP contribution >= 0.6 is 0 Å². The Labute approximate surface area is 201 Å². The number of esters is 1. The quantitative estimate of drug-likeness (QED) is 0.180. The lowest BCUT2D eigenvalue weighted by Gasteiger charge is -2.39. The molecule has 1 aliphatic rings. The van der Waals surface area contributed by atoms with Gasteiger partial charge in [-0.1, -0.05) is 0 Å². The van der Waals surface area contributed by atoms with Crippen LogP contribution in [0, 0.1) is 0 Å². The average molecular weight is 506 g/mol. The third-order valence-corrected chi connectivity index (χ3v) is 5.51. The van der Waals surface area contributed by atoms with E-state index in [-0.39, 0.29) is 16.9 Å². The van der Waals surface area contributed by atoms with Gasteiger partial charge in [0.05, 0.1) is 0 Å². The molecule has 192 valence electrons. The largest absolute Gasteiger partial charge is 0.508 e. The van der Waals surface area contributed by atoms with Crippen LogP contribution in [0.25, 0.3) is 22.3 Å². The van der Waals surface area contributed by atoms with Crippen LogP contribution < -0.4 is 10.2 Å². The van der Waals surface area contributed by atoms with Gasteiger partial charge in [0.25, 0.3) is 0 Å². The summed E-state index contributed by atoms with van der Waals surface area (Å²) in [6, 6.07) is 5.32. The first kappa shape index (κ1) is 25.1. The van der Waals surface area contributed by atoms with Crippen LogP contribution in [-0.2, 0) is 14.3 Å². The summed E-state index contributed by atoms with van der Waals surface area (Å²) in [5, 5.41) is 70.1. The number of phenolic OH excluding ortho intramolecular Hbond substituents is 4. The number of carbonyl (C=O) groups excluding carboxylic acids is 1. The molecular weight excluding hydrogens is 484 g/mol. The maximum Gasteiger partial charge on any atom is 0.302 e. The van der Waals surface area contributed by atoms with Crippen LogP contribution in [0.4, 0.5) is 0 Å². The van der Waals surface area contributed by atoms with E-state index in [4.69, 9.17) is 18.6 Å². The minimum Gasteiger partial charge on any atom is -0.508 e. The molecule has 7 N–H and O–H groups in total. The van der Waals surface area contributed by atoms with Crippen LogP contribution in [0.15, 0.2) is 39.5 Å². The van der Waals surface area contributed by atoms with Crippen molar-refractivity contribution < 1.29 is 59.2 Å². The van der Waals surface area contributed by atoms with Gasteiger partial charge in [-0.25, -0.2) is 0 Å². The van der Waals surface area contributed by atoms with E-state index in [9.17, 15) is 45.3 Å². The number of hydrogen-bond donors (Lipinski definition) is 7. The van der Waals surface area contributed by atoms with E-state index in [1.165, 1.54) is 6.07 Å². The van der Waals surface area contributed by atoms with Crippen molar-refractivity contribution in [2.75, 3.05) is 6.61 Å². The molecule has 0 aliphatic carbocycles. The summed E-state index contributed by atoms with van der Waals surface area (Å²) in [6.07, 6.45) is -8.54. The van der Waals surface area contributed by atoms with Crippen LogP contribution in [0.1, 0.15) is 6.92 Å². The van der Waals surface area contributed by atoms with Gasteiger partial charge in [-0.05, 0) is 18.2 Å². The maximum absolute atomic E-state index is 13.4. The summed E-state index contributed by atoms with van der Waals surface area (Å²) in [7, 11) is 0. The van der Waals surface area contributed by atoms with Crippen molar-refractivity contribution in [2.24, 2.45) is 0 Å². The lowest BCUT2D eigenvalue weighted by atomic mass is 9.99. The van der Waals surface area contributed by atoms with Gasteiger partial charge in [0.15, 0.2) is 17.3 Å². The molecule has 1 aromatic heterocycles. The molecule has 1 fully saturated rings. The molecule has 0 amide bonds. The molecule has 13 nitrogen and oxygen atoms in total. The highest BCUT2D eigenvalue weighted by molar-refractivity contribution is 5.88. The highest BCUT2D eigenvalue weighted by Gasteiger charge is 2.46. The Balaban J connectivity index is 1.84. The molecule has 36 heavy (non-hydrogen) atoms. The zero-order valence-electron chi connectivity index (χ0n) is 18.6. The van der Waals surface area contributed by atoms with Crippen LogP contribution in [0.3, 0.4) is 0 Å². The van der Waals surface area contributed by atoms with E-state index in [0.29, 0.717) is 0 Å². The van der Waals surface area contributed by atoms with E-state index in [0.717, 1.165) is 31.2 Å². The summed E-state index contributed by atoms with van der Waals surface area (Å²) < 4.78 is 21.5. The maximum atomic E-state index is 13.4. The highest BCUT2D eigenvalue weighted by Crippen LogP contribution is 2.39. The summed E-state index contributed by atoms with van der Waals surface area (Å²) in [6.45, 7) is 0.601. The van der Waals surface area contributed by atoms with Crippen molar-refractivity contribution in [3.8, 4) is 40.1 Å². The minimum atomic E-state index is -1.89. The van der Waals surface area contributed by atoms with E-state index in [1.807, 2.05) is 0 Å². The number of aliphatic hydroxyl groups excluding tert-OH is 3. The molecule has 0 bridgehead atoms. The Morgan fingerprint density at radius 3 is 2.33 bits per heavy atom. The van der Waals surface area contributed by atoms with Crippen LogP contribution in [0.2, 0.25) is 0 Å². The first-order chi connectivity index (χ1) is 17.0. The Bertz CT molecular complexity index is 1360. The number of fused-ring (bicyclic) bond motifs is 1. The summed E-state index contributed by atoms with van der Waals surface area (Å²) in [5.74, 6) is -3.84. The second-order valence-corrected chi connectivity index (χ2v) is 8.07. The number of phenols is 4. The summed E-state index contributed by atoms with van der Waals surface area (Å²) in [4.78, 5) is 24.5. The lowest BCUT2D eigenvalue weighted by molar-refractivity contribution is -0.278. The van der Waals surface area contributed by atoms with Crippen molar-refractivity contribution in [1.29, 1.82) is 0 Å². The fraction of sp³-hybridized carbons (Fsp3) is 0.304. The van der Waals surface area contributed by atoms with E-state index >= 15 is 0 Å². The SMILES string of the molecule is CC(=O)OC[C@@H]1O[C@@H](Oc2c(-c3ccc(O)c(O)c3)oc3cc(O)cc(O)c3c2=O)[C@H](O)[C@H](O)[C@@H]1O. The third kappa shape index (κ3) is 4.59. The van der Waals surface area contributed by atoms with Crippen molar-refractivity contribution in [2.45, 2.75) is 37.6 Å². The molecule has 0 radical (unpaired) electrons. The first-order valence-corrected chi connectivity index (χ1v) is 10.5. The fourth-order valence-electron chi connectivity index (χ4n) is 3.70. The van der Waals surface area contributed by atoms with Crippen molar-refractivity contribution in [1.82, 2.24) is 0 Å². The number of rotatable bonds is 5. The second-order valence-electron chi connectivity index (χ2n) is 8.07. The predicted molar refractivity (Wildman–Crippen MR) is 119 cm³/mol. The number of benzene rings is 2. The molecule has 2 heterocycles. The topological polar surface area (TPSA) is 217 Å². The third-order valence-electron chi connectivity index (χ3n) is 5.51. The van der Waals surface area contributed by atoms with Crippen molar-refractivity contribution >= 4 is 16.9 Å². The molecule has 4 rings (SSSR count). The number of aliphatic hydroxyl groups is 3. The molecule has 3 aromatic rings. The molecular formula is C23H22O13. The Morgan fingerprint density at radius 1 is 0.944 bits per heavy atom. The van der Waals surface area contributed by atoms with Gasteiger partial charge in [-0.3, -0.25) is 9.59 Å². The van der Waals surface area contributed by atoms with Gasteiger partial charge in [0.1, 0.15) is 53.5 Å². The molecule has 2 aromatic carbocycles. The monoisotopic (exact) mass is 506 g/mol. The van der Waals surface area contributed by atoms with Gasteiger partial charge < -0.3 is 54.4 Å². The van der Waals surface area contributed by atoms with Gasteiger partial charge in [0, 0.05) is 24.6 Å². The zero-order valence-corrected chi connectivity index (χ0v) is 18.6. The first-order valence-electron chi connectivity index (χ1n) is 10.5.